The zero-order chi connectivity index (χ0) is 11.7. The lowest BCUT2D eigenvalue weighted by Crippen LogP contribution is -2.16. The van der Waals surface area contributed by atoms with Crippen LogP contribution in [0.15, 0.2) is 39.5 Å². The van der Waals surface area contributed by atoms with Crippen LogP contribution in [0.3, 0.4) is 0 Å². The standard InChI is InChI=1S/C12H10O4/c1-7(11(13)14)9-6-8-4-2-3-5-10(8)16-12(9)15/h2-7H,1H3,(H,13,14). The summed E-state index contributed by atoms with van der Waals surface area (Å²) in [6, 6.07) is 8.57. The predicted octanol–water partition coefficient (Wildman–Crippen LogP) is 1.98. The average molecular weight is 218 g/mol. The quantitative estimate of drug-likeness (QED) is 0.782. The first-order valence-electron chi connectivity index (χ1n) is 4.85. The lowest BCUT2D eigenvalue weighted by molar-refractivity contribution is -0.138. The van der Waals surface area contributed by atoms with Gasteiger partial charge < -0.3 is 9.52 Å². The highest BCUT2D eigenvalue weighted by Gasteiger charge is 2.18. The molecule has 1 aromatic carbocycles. The fourth-order valence-corrected chi connectivity index (χ4v) is 1.51. The molecule has 1 atom stereocenters. The largest absolute Gasteiger partial charge is 0.481 e. The van der Waals surface area contributed by atoms with Crippen molar-refractivity contribution in [3.63, 3.8) is 0 Å². The summed E-state index contributed by atoms with van der Waals surface area (Å²) in [7, 11) is 0. The van der Waals surface area contributed by atoms with Gasteiger partial charge in [0.25, 0.3) is 0 Å². The van der Waals surface area contributed by atoms with E-state index in [4.69, 9.17) is 9.52 Å². The summed E-state index contributed by atoms with van der Waals surface area (Å²) < 4.78 is 5.05. The highest BCUT2D eigenvalue weighted by Crippen LogP contribution is 2.18. The molecular formula is C12H10O4. The highest BCUT2D eigenvalue weighted by atomic mass is 16.4. The van der Waals surface area contributed by atoms with Gasteiger partial charge in [0, 0.05) is 5.39 Å². The van der Waals surface area contributed by atoms with E-state index in [1.54, 1.807) is 30.3 Å². The van der Waals surface area contributed by atoms with Crippen molar-refractivity contribution in [3.8, 4) is 0 Å². The molecule has 2 rings (SSSR count). The fraction of sp³-hybridized carbons (Fsp3) is 0.167. The second-order valence-electron chi connectivity index (χ2n) is 3.59. The van der Waals surface area contributed by atoms with Crippen LogP contribution in [-0.4, -0.2) is 11.1 Å². The van der Waals surface area contributed by atoms with Crippen molar-refractivity contribution in [2.75, 3.05) is 0 Å². The van der Waals surface area contributed by atoms with Crippen LogP contribution in [-0.2, 0) is 4.79 Å². The third-order valence-electron chi connectivity index (χ3n) is 2.51. The molecule has 4 heteroatoms. The van der Waals surface area contributed by atoms with E-state index in [0.29, 0.717) is 5.58 Å². The van der Waals surface area contributed by atoms with Crippen LogP contribution in [0.2, 0.25) is 0 Å². The van der Waals surface area contributed by atoms with E-state index in [1.165, 1.54) is 6.92 Å². The summed E-state index contributed by atoms with van der Waals surface area (Å²) in [4.78, 5) is 22.4. The van der Waals surface area contributed by atoms with E-state index < -0.39 is 17.5 Å². The first kappa shape index (κ1) is 10.4. The maximum absolute atomic E-state index is 11.5. The molecule has 82 valence electrons. The maximum Gasteiger partial charge on any atom is 0.340 e. The van der Waals surface area contributed by atoms with Gasteiger partial charge in [0.1, 0.15) is 5.58 Å². The van der Waals surface area contributed by atoms with Crippen molar-refractivity contribution >= 4 is 16.9 Å². The van der Waals surface area contributed by atoms with Gasteiger partial charge in [-0.25, -0.2) is 4.79 Å². The average Bonchev–Trinajstić information content (AvgIpc) is 2.27. The molecule has 0 aliphatic carbocycles. The van der Waals surface area contributed by atoms with Gasteiger partial charge in [0.2, 0.25) is 0 Å². The van der Waals surface area contributed by atoms with Crippen LogP contribution in [0, 0.1) is 0 Å². The number of hydrogen-bond acceptors (Lipinski definition) is 3. The molecule has 0 aliphatic rings. The van der Waals surface area contributed by atoms with Gasteiger partial charge >= 0.3 is 11.6 Å². The molecule has 0 saturated heterocycles. The lowest BCUT2D eigenvalue weighted by Gasteiger charge is -2.05. The second-order valence-corrected chi connectivity index (χ2v) is 3.59. The zero-order valence-electron chi connectivity index (χ0n) is 8.64. The van der Waals surface area contributed by atoms with Crippen molar-refractivity contribution in [3.05, 3.63) is 46.3 Å². The van der Waals surface area contributed by atoms with E-state index in [9.17, 15) is 9.59 Å². The monoisotopic (exact) mass is 218 g/mol. The Balaban J connectivity index is 2.67. The molecule has 0 spiro atoms. The number of carbonyl (C=O) groups is 1. The van der Waals surface area contributed by atoms with Gasteiger partial charge in [0.15, 0.2) is 0 Å². The Morgan fingerprint density at radius 2 is 2.06 bits per heavy atom. The van der Waals surface area contributed by atoms with Crippen LogP contribution >= 0.6 is 0 Å². The van der Waals surface area contributed by atoms with Crippen LogP contribution in [0.5, 0.6) is 0 Å². The first-order valence-corrected chi connectivity index (χ1v) is 4.85. The zero-order valence-corrected chi connectivity index (χ0v) is 8.64. The molecule has 1 heterocycles. The summed E-state index contributed by atoms with van der Waals surface area (Å²) >= 11 is 0. The van der Waals surface area contributed by atoms with Gasteiger partial charge in [0.05, 0.1) is 11.5 Å². The van der Waals surface area contributed by atoms with E-state index in [-0.39, 0.29) is 5.56 Å². The number of aliphatic carboxylic acids is 1. The van der Waals surface area contributed by atoms with Crippen LogP contribution < -0.4 is 5.63 Å². The Morgan fingerprint density at radius 3 is 2.75 bits per heavy atom. The summed E-state index contributed by atoms with van der Waals surface area (Å²) in [5.41, 5.74) is 0.0497. The van der Waals surface area contributed by atoms with Crippen LogP contribution in [0.1, 0.15) is 18.4 Å². The molecule has 4 nitrogen and oxygen atoms in total. The molecular weight excluding hydrogens is 208 g/mol. The molecule has 0 amide bonds. The number of para-hydroxylation sites is 1. The Hall–Kier alpha value is -2.10. The molecule has 0 radical (unpaired) electrons. The third kappa shape index (κ3) is 1.69. The van der Waals surface area contributed by atoms with Crippen LogP contribution in [0.25, 0.3) is 11.0 Å². The number of carboxylic acids is 1. The minimum atomic E-state index is -1.04. The molecule has 0 fully saturated rings. The molecule has 1 unspecified atom stereocenters. The normalized spacial score (nSPS) is 12.6. The lowest BCUT2D eigenvalue weighted by atomic mass is 10.0. The Morgan fingerprint density at radius 1 is 1.38 bits per heavy atom. The van der Waals surface area contributed by atoms with Crippen molar-refractivity contribution in [1.29, 1.82) is 0 Å². The number of carboxylic acid groups (broad SMARTS) is 1. The van der Waals surface area contributed by atoms with Crippen molar-refractivity contribution in [2.24, 2.45) is 0 Å². The molecule has 0 aliphatic heterocycles. The highest BCUT2D eigenvalue weighted by molar-refractivity contribution is 5.80. The molecule has 0 saturated carbocycles. The van der Waals surface area contributed by atoms with E-state index >= 15 is 0 Å². The molecule has 0 bridgehead atoms. The number of hydrogen-bond donors (Lipinski definition) is 1. The summed E-state index contributed by atoms with van der Waals surface area (Å²) in [6.45, 7) is 1.46. The van der Waals surface area contributed by atoms with E-state index in [0.717, 1.165) is 5.39 Å². The Labute approximate surface area is 91.1 Å². The molecule has 16 heavy (non-hydrogen) atoms. The Kier molecular flexibility index (Phi) is 2.48. The molecule has 1 aromatic heterocycles. The first-order chi connectivity index (χ1) is 7.59. The summed E-state index contributed by atoms with van der Waals surface area (Å²) in [6.07, 6.45) is 0. The van der Waals surface area contributed by atoms with Crippen molar-refractivity contribution in [2.45, 2.75) is 12.8 Å². The van der Waals surface area contributed by atoms with Gasteiger partial charge in [-0.1, -0.05) is 18.2 Å². The predicted molar refractivity (Wildman–Crippen MR) is 58.5 cm³/mol. The number of benzene rings is 1. The third-order valence-corrected chi connectivity index (χ3v) is 2.51. The molecule has 1 N–H and O–H groups in total. The van der Waals surface area contributed by atoms with Crippen molar-refractivity contribution < 1.29 is 14.3 Å². The molecule has 2 aromatic rings. The smallest absolute Gasteiger partial charge is 0.340 e. The number of fused-ring (bicyclic) bond motifs is 1. The van der Waals surface area contributed by atoms with Gasteiger partial charge in [-0.3, -0.25) is 4.79 Å². The topological polar surface area (TPSA) is 67.5 Å². The maximum atomic E-state index is 11.5. The second kappa shape index (κ2) is 3.81. The minimum Gasteiger partial charge on any atom is -0.481 e. The Bertz CT molecular complexity index is 597. The summed E-state index contributed by atoms with van der Waals surface area (Å²) in [5, 5.41) is 9.58. The van der Waals surface area contributed by atoms with Gasteiger partial charge in [-0.2, -0.15) is 0 Å². The van der Waals surface area contributed by atoms with Crippen molar-refractivity contribution in [1.82, 2.24) is 0 Å². The minimum absolute atomic E-state index is 0.172. The number of rotatable bonds is 2. The van der Waals surface area contributed by atoms with Gasteiger partial charge in [-0.05, 0) is 19.1 Å². The SMILES string of the molecule is CC(C(=O)O)c1cc2ccccc2oc1=O. The van der Waals surface area contributed by atoms with E-state index in [2.05, 4.69) is 0 Å². The van der Waals surface area contributed by atoms with E-state index in [1.807, 2.05) is 0 Å². The fourth-order valence-electron chi connectivity index (χ4n) is 1.51. The summed E-state index contributed by atoms with van der Waals surface area (Å²) in [5.74, 6) is -1.90. The van der Waals surface area contributed by atoms with Gasteiger partial charge in [-0.15, -0.1) is 0 Å². The van der Waals surface area contributed by atoms with Crippen LogP contribution in [0.4, 0.5) is 0 Å².